The number of hydrogen-bond donors (Lipinski definition) is 1. The maximum Gasteiger partial charge on any atom is 0.127 e. The van der Waals surface area contributed by atoms with Gasteiger partial charge in [-0.05, 0) is 34.1 Å². The molecule has 0 aromatic carbocycles. The Labute approximate surface area is 111 Å². The Morgan fingerprint density at radius 3 is 2.44 bits per heavy atom. The van der Waals surface area contributed by atoms with Crippen LogP contribution in [0.3, 0.4) is 0 Å². The molecule has 2 N–H and O–H groups in total. The van der Waals surface area contributed by atoms with Crippen LogP contribution in [0.5, 0.6) is 0 Å². The molecule has 4 heteroatoms. The normalized spacial score (nSPS) is 12.4. The molecule has 104 valence electrons. The van der Waals surface area contributed by atoms with Crippen molar-refractivity contribution in [3.05, 3.63) is 11.5 Å². The van der Waals surface area contributed by atoms with Gasteiger partial charge in [-0.3, -0.25) is 0 Å². The summed E-state index contributed by atoms with van der Waals surface area (Å²) in [5.41, 5.74) is 6.97. The lowest BCUT2D eigenvalue weighted by atomic mass is 10.0. The first-order valence-electron chi connectivity index (χ1n) is 6.73. The van der Waals surface area contributed by atoms with E-state index in [0.29, 0.717) is 6.04 Å². The van der Waals surface area contributed by atoms with Crippen molar-refractivity contribution in [3.8, 4) is 0 Å². The lowest BCUT2D eigenvalue weighted by Gasteiger charge is -2.22. The molecule has 1 aromatic heterocycles. The van der Waals surface area contributed by atoms with Crippen LogP contribution in [0.1, 0.15) is 58.6 Å². The molecule has 1 rings (SSSR count). The number of nitrogens with zero attached hydrogens (tertiary/aromatic N) is 2. The second-order valence-corrected chi connectivity index (χ2v) is 5.71. The molecular weight excluding hydrogens is 226 g/mol. The second-order valence-electron chi connectivity index (χ2n) is 5.71. The molecule has 0 unspecified atom stereocenters. The van der Waals surface area contributed by atoms with Gasteiger partial charge in [0, 0.05) is 26.0 Å². The molecule has 0 spiro atoms. The standard InChI is InChI=1S/C14H27N3O/c1-7-8-12-16-11(9-14(4,5)18-6)13(15)17(12)10(2)3/h10H,7-9,15H2,1-6H3. The molecule has 0 bridgehead atoms. The molecule has 0 atom stereocenters. The van der Waals surface area contributed by atoms with E-state index < -0.39 is 0 Å². The molecule has 0 amide bonds. The van der Waals surface area contributed by atoms with Crippen LogP contribution in [-0.4, -0.2) is 22.3 Å². The number of aromatic nitrogens is 2. The van der Waals surface area contributed by atoms with Crippen LogP contribution in [0, 0.1) is 0 Å². The summed E-state index contributed by atoms with van der Waals surface area (Å²) in [6.45, 7) is 10.6. The van der Waals surface area contributed by atoms with E-state index in [1.54, 1.807) is 7.11 Å². The maximum atomic E-state index is 6.24. The third-order valence-corrected chi connectivity index (χ3v) is 3.23. The molecule has 0 saturated carbocycles. The highest BCUT2D eigenvalue weighted by molar-refractivity contribution is 5.39. The third-order valence-electron chi connectivity index (χ3n) is 3.23. The van der Waals surface area contributed by atoms with Crippen molar-refractivity contribution in [1.82, 2.24) is 9.55 Å². The minimum Gasteiger partial charge on any atom is -0.384 e. The lowest BCUT2D eigenvalue weighted by molar-refractivity contribution is 0.0226. The van der Waals surface area contributed by atoms with Crippen molar-refractivity contribution in [2.24, 2.45) is 0 Å². The Morgan fingerprint density at radius 2 is 2.00 bits per heavy atom. The highest BCUT2D eigenvalue weighted by Gasteiger charge is 2.23. The summed E-state index contributed by atoms with van der Waals surface area (Å²) in [4.78, 5) is 4.71. The van der Waals surface area contributed by atoms with Crippen molar-refractivity contribution in [2.45, 2.75) is 65.5 Å². The van der Waals surface area contributed by atoms with Crippen LogP contribution in [0.25, 0.3) is 0 Å². The van der Waals surface area contributed by atoms with Gasteiger partial charge in [-0.2, -0.15) is 0 Å². The SMILES string of the molecule is CCCc1nc(CC(C)(C)OC)c(N)n1C(C)C. The molecule has 0 radical (unpaired) electrons. The van der Waals surface area contributed by atoms with E-state index in [-0.39, 0.29) is 5.60 Å². The first kappa shape index (κ1) is 15.0. The van der Waals surface area contributed by atoms with Crippen molar-refractivity contribution in [2.75, 3.05) is 12.8 Å². The van der Waals surface area contributed by atoms with Gasteiger partial charge in [-0.25, -0.2) is 4.98 Å². The average Bonchev–Trinajstić information content (AvgIpc) is 2.55. The molecule has 4 nitrogen and oxygen atoms in total. The van der Waals surface area contributed by atoms with Crippen molar-refractivity contribution >= 4 is 5.82 Å². The van der Waals surface area contributed by atoms with E-state index >= 15 is 0 Å². The number of hydrogen-bond acceptors (Lipinski definition) is 3. The summed E-state index contributed by atoms with van der Waals surface area (Å²) in [6, 6.07) is 0.346. The zero-order valence-corrected chi connectivity index (χ0v) is 12.6. The number of nitrogens with two attached hydrogens (primary N) is 1. The molecule has 1 heterocycles. The summed E-state index contributed by atoms with van der Waals surface area (Å²) in [5.74, 6) is 1.88. The van der Waals surface area contributed by atoms with E-state index in [0.717, 1.165) is 36.6 Å². The Morgan fingerprint density at radius 1 is 1.39 bits per heavy atom. The lowest BCUT2D eigenvalue weighted by Crippen LogP contribution is -2.26. The quantitative estimate of drug-likeness (QED) is 0.848. The summed E-state index contributed by atoms with van der Waals surface area (Å²) >= 11 is 0. The molecule has 0 aliphatic carbocycles. The number of imidazole rings is 1. The van der Waals surface area contributed by atoms with Crippen LogP contribution >= 0.6 is 0 Å². The molecule has 0 fully saturated rings. The van der Waals surface area contributed by atoms with Crippen LogP contribution in [0.15, 0.2) is 0 Å². The van der Waals surface area contributed by atoms with Crippen molar-refractivity contribution < 1.29 is 4.74 Å². The van der Waals surface area contributed by atoms with Gasteiger partial charge in [0.15, 0.2) is 0 Å². The van der Waals surface area contributed by atoms with Crippen molar-refractivity contribution in [3.63, 3.8) is 0 Å². The maximum absolute atomic E-state index is 6.24. The predicted molar refractivity (Wildman–Crippen MR) is 75.8 cm³/mol. The van der Waals surface area contributed by atoms with Gasteiger partial charge in [0.05, 0.1) is 11.3 Å². The van der Waals surface area contributed by atoms with E-state index in [1.165, 1.54) is 0 Å². The third kappa shape index (κ3) is 3.25. The molecule has 1 aromatic rings. The van der Waals surface area contributed by atoms with E-state index in [1.807, 2.05) is 0 Å². The Bertz CT molecular complexity index is 394. The minimum atomic E-state index is -0.228. The van der Waals surface area contributed by atoms with Crippen LogP contribution in [0.2, 0.25) is 0 Å². The van der Waals surface area contributed by atoms with Crippen LogP contribution in [-0.2, 0) is 17.6 Å². The van der Waals surface area contributed by atoms with E-state index in [9.17, 15) is 0 Å². The Kier molecular flexibility index (Phi) is 4.79. The van der Waals surface area contributed by atoms with Crippen molar-refractivity contribution in [1.29, 1.82) is 0 Å². The fraction of sp³-hybridized carbons (Fsp3) is 0.786. The number of rotatable bonds is 6. The number of anilines is 1. The first-order chi connectivity index (χ1) is 8.32. The summed E-state index contributed by atoms with van der Waals surface area (Å²) in [6.07, 6.45) is 2.79. The van der Waals surface area contributed by atoms with Crippen LogP contribution in [0.4, 0.5) is 5.82 Å². The zero-order valence-electron chi connectivity index (χ0n) is 12.6. The number of nitrogen functional groups attached to an aromatic ring is 1. The largest absolute Gasteiger partial charge is 0.384 e. The number of methoxy groups -OCH3 is 1. The zero-order chi connectivity index (χ0) is 13.9. The molecule has 0 saturated heterocycles. The van der Waals surface area contributed by atoms with Gasteiger partial charge in [0.1, 0.15) is 11.6 Å². The Hall–Kier alpha value is -1.03. The highest BCUT2D eigenvalue weighted by Crippen LogP contribution is 2.25. The Balaban J connectivity index is 3.11. The van der Waals surface area contributed by atoms with Crippen LogP contribution < -0.4 is 5.73 Å². The topological polar surface area (TPSA) is 53.1 Å². The number of aryl methyl sites for hydroxylation is 1. The van der Waals surface area contributed by atoms with Gasteiger partial charge in [-0.1, -0.05) is 6.92 Å². The molecule has 0 aliphatic heterocycles. The van der Waals surface area contributed by atoms with E-state index in [4.69, 9.17) is 15.5 Å². The highest BCUT2D eigenvalue weighted by atomic mass is 16.5. The minimum absolute atomic E-state index is 0.228. The molecule has 0 aliphatic rings. The summed E-state index contributed by atoms with van der Waals surface area (Å²) < 4.78 is 7.60. The second kappa shape index (κ2) is 5.74. The molecular formula is C14H27N3O. The van der Waals surface area contributed by atoms with Gasteiger partial charge in [0.2, 0.25) is 0 Å². The van der Waals surface area contributed by atoms with Gasteiger partial charge >= 0.3 is 0 Å². The fourth-order valence-electron chi connectivity index (χ4n) is 2.13. The van der Waals surface area contributed by atoms with Gasteiger partial charge in [0.25, 0.3) is 0 Å². The number of ether oxygens (including phenoxy) is 1. The van der Waals surface area contributed by atoms with Gasteiger partial charge in [-0.15, -0.1) is 0 Å². The monoisotopic (exact) mass is 253 g/mol. The predicted octanol–water partition coefficient (Wildman–Crippen LogP) is 2.97. The van der Waals surface area contributed by atoms with E-state index in [2.05, 4.69) is 39.2 Å². The molecule has 18 heavy (non-hydrogen) atoms. The summed E-state index contributed by atoms with van der Waals surface area (Å²) in [7, 11) is 1.72. The average molecular weight is 253 g/mol. The summed E-state index contributed by atoms with van der Waals surface area (Å²) in [5, 5.41) is 0. The first-order valence-corrected chi connectivity index (χ1v) is 6.73. The van der Waals surface area contributed by atoms with Gasteiger partial charge < -0.3 is 15.0 Å². The smallest absolute Gasteiger partial charge is 0.127 e. The fourth-order valence-corrected chi connectivity index (χ4v) is 2.13.